The first-order valence-corrected chi connectivity index (χ1v) is 13.1. The van der Waals surface area contributed by atoms with Gasteiger partial charge in [-0.1, -0.05) is 43.0 Å². The van der Waals surface area contributed by atoms with E-state index in [4.69, 9.17) is 17.3 Å². The number of carbonyl (C=O) groups is 2. The van der Waals surface area contributed by atoms with Crippen molar-refractivity contribution in [2.45, 2.75) is 76.3 Å². The third-order valence-corrected chi connectivity index (χ3v) is 9.08. The van der Waals surface area contributed by atoms with E-state index in [2.05, 4.69) is 4.90 Å². The largest absolute Gasteiger partial charge is 0.366 e. The molecule has 2 aliphatic heterocycles. The number of carbonyl (C=O) groups excluding carboxylic acids is 2. The second kappa shape index (κ2) is 9.28. The third kappa shape index (κ3) is 4.40. The van der Waals surface area contributed by atoms with Crippen molar-refractivity contribution >= 4 is 34.6 Å². The van der Waals surface area contributed by atoms with E-state index in [0.29, 0.717) is 29.1 Å². The first-order valence-electron chi connectivity index (χ1n) is 12.0. The van der Waals surface area contributed by atoms with E-state index in [1.165, 1.54) is 43.4 Å². The highest BCUT2D eigenvalue weighted by molar-refractivity contribution is 7.12. The minimum Gasteiger partial charge on any atom is -0.366 e. The lowest BCUT2D eigenvalue weighted by Gasteiger charge is -2.38. The molecule has 1 aromatic heterocycles. The normalized spacial score (nSPS) is 23.3. The number of halogens is 1. The smallest absolute Gasteiger partial charge is 0.250 e. The SMILES string of the molecule is NC(=O)c1c(CC(=O)Cc2ccc(Cl)cc2)sc2c1C1CC[C@H](C2)N1CC1CCCCC1. The Morgan fingerprint density at radius 3 is 2.50 bits per heavy atom. The number of benzene rings is 1. The summed E-state index contributed by atoms with van der Waals surface area (Å²) >= 11 is 7.61. The van der Waals surface area contributed by atoms with Crippen LogP contribution in [0, 0.1) is 5.92 Å². The van der Waals surface area contributed by atoms with Crippen molar-refractivity contribution in [3.05, 3.63) is 55.7 Å². The number of fused-ring (bicyclic) bond motifs is 4. The second-order valence-electron chi connectivity index (χ2n) is 9.77. The number of rotatable bonds is 7. The zero-order valence-electron chi connectivity index (χ0n) is 18.4. The summed E-state index contributed by atoms with van der Waals surface area (Å²) in [7, 11) is 0. The number of hydrogen-bond acceptors (Lipinski definition) is 4. The van der Waals surface area contributed by atoms with E-state index in [0.717, 1.165) is 41.3 Å². The van der Waals surface area contributed by atoms with Gasteiger partial charge in [0.1, 0.15) is 5.78 Å². The van der Waals surface area contributed by atoms with E-state index in [-0.39, 0.29) is 18.1 Å². The Balaban J connectivity index is 1.37. The highest BCUT2D eigenvalue weighted by Crippen LogP contribution is 2.49. The molecule has 1 aliphatic carbocycles. The summed E-state index contributed by atoms with van der Waals surface area (Å²) in [6.07, 6.45) is 10.6. The Morgan fingerprint density at radius 2 is 1.78 bits per heavy atom. The number of hydrogen-bond donors (Lipinski definition) is 1. The molecule has 0 spiro atoms. The maximum absolute atomic E-state index is 12.9. The molecule has 2 atom stereocenters. The minimum atomic E-state index is -0.375. The summed E-state index contributed by atoms with van der Waals surface area (Å²) in [6.45, 7) is 1.15. The van der Waals surface area contributed by atoms with E-state index in [9.17, 15) is 9.59 Å². The van der Waals surface area contributed by atoms with Crippen LogP contribution in [0.4, 0.5) is 0 Å². The molecule has 0 radical (unpaired) electrons. The Morgan fingerprint density at radius 1 is 1.03 bits per heavy atom. The molecule has 2 aromatic rings. The molecule has 4 nitrogen and oxygen atoms in total. The summed E-state index contributed by atoms with van der Waals surface area (Å²) in [4.78, 5) is 30.3. The fourth-order valence-electron chi connectivity index (χ4n) is 6.14. The lowest BCUT2D eigenvalue weighted by molar-refractivity contribution is -0.117. The highest BCUT2D eigenvalue weighted by atomic mass is 35.5. The van der Waals surface area contributed by atoms with Gasteiger partial charge in [-0.3, -0.25) is 14.5 Å². The van der Waals surface area contributed by atoms with Crippen LogP contribution in [0.15, 0.2) is 24.3 Å². The maximum Gasteiger partial charge on any atom is 0.250 e. The average molecular weight is 471 g/mol. The Hall–Kier alpha value is -1.69. The lowest BCUT2D eigenvalue weighted by atomic mass is 9.87. The molecule has 5 rings (SSSR count). The van der Waals surface area contributed by atoms with E-state index in [1.807, 2.05) is 12.1 Å². The van der Waals surface area contributed by atoms with Gasteiger partial charge < -0.3 is 5.73 Å². The molecule has 1 saturated heterocycles. The molecule has 1 aromatic carbocycles. The van der Waals surface area contributed by atoms with Gasteiger partial charge in [-0.15, -0.1) is 11.3 Å². The van der Waals surface area contributed by atoms with Crippen molar-refractivity contribution in [3.63, 3.8) is 0 Å². The van der Waals surface area contributed by atoms with Crippen LogP contribution in [0.1, 0.15) is 82.2 Å². The van der Waals surface area contributed by atoms with Gasteiger partial charge in [0.25, 0.3) is 0 Å². The van der Waals surface area contributed by atoms with Crippen LogP contribution >= 0.6 is 22.9 Å². The monoisotopic (exact) mass is 470 g/mol. The zero-order chi connectivity index (χ0) is 22.2. The molecule has 1 saturated carbocycles. The average Bonchev–Trinajstić information content (AvgIpc) is 3.26. The van der Waals surface area contributed by atoms with E-state index in [1.54, 1.807) is 23.5 Å². The summed E-state index contributed by atoms with van der Waals surface area (Å²) in [5.41, 5.74) is 8.66. The summed E-state index contributed by atoms with van der Waals surface area (Å²) in [5.74, 6) is 0.516. The zero-order valence-corrected chi connectivity index (χ0v) is 20.0. The number of nitrogens with zero attached hydrogens (tertiary/aromatic N) is 1. The first-order chi connectivity index (χ1) is 15.5. The van der Waals surface area contributed by atoms with Gasteiger partial charge in [-0.2, -0.15) is 0 Å². The van der Waals surface area contributed by atoms with Crippen molar-refractivity contribution in [3.8, 4) is 0 Å². The fraction of sp³-hybridized carbons (Fsp3) is 0.538. The molecule has 3 heterocycles. The molecular weight excluding hydrogens is 440 g/mol. The summed E-state index contributed by atoms with van der Waals surface area (Å²) < 4.78 is 0. The quantitative estimate of drug-likeness (QED) is 0.581. The van der Waals surface area contributed by atoms with Crippen molar-refractivity contribution in [1.82, 2.24) is 4.90 Å². The molecule has 170 valence electrons. The standard InChI is InChI=1S/C26H31ClN2O2S/c27-18-8-6-16(7-9-18)12-20(30)14-23-25(26(28)31)24-21-11-10-19(13-22(24)32-23)29(21)15-17-4-2-1-3-5-17/h6-9,17,19,21H,1-5,10-15H2,(H2,28,31)/t19-,21?/m1/s1. The lowest BCUT2D eigenvalue weighted by Crippen LogP contribution is -2.41. The number of primary amides is 1. The van der Waals surface area contributed by atoms with Crippen molar-refractivity contribution in [1.29, 1.82) is 0 Å². The fourth-order valence-corrected chi connectivity index (χ4v) is 7.73. The second-order valence-corrected chi connectivity index (χ2v) is 11.4. The number of nitrogens with two attached hydrogens (primary N) is 1. The number of Topliss-reactive ketones (excluding diaryl/α,β-unsaturated/α-hetero) is 1. The minimum absolute atomic E-state index is 0.109. The Kier molecular flexibility index (Phi) is 6.42. The Bertz CT molecular complexity index is 1010. The molecule has 3 aliphatic rings. The topological polar surface area (TPSA) is 63.4 Å². The molecule has 1 amide bonds. The van der Waals surface area contributed by atoms with Crippen molar-refractivity contribution < 1.29 is 9.59 Å². The molecule has 6 heteroatoms. The van der Waals surface area contributed by atoms with Crippen LogP contribution in [0.2, 0.25) is 5.02 Å². The van der Waals surface area contributed by atoms with Crippen LogP contribution in [0.3, 0.4) is 0 Å². The van der Waals surface area contributed by atoms with Gasteiger partial charge in [0.05, 0.1) is 5.56 Å². The van der Waals surface area contributed by atoms with Gasteiger partial charge in [0.2, 0.25) is 5.91 Å². The number of thiophene rings is 1. The van der Waals surface area contributed by atoms with Crippen LogP contribution in [0.5, 0.6) is 0 Å². The third-order valence-electron chi connectivity index (χ3n) is 7.60. The van der Waals surface area contributed by atoms with Gasteiger partial charge in [0.15, 0.2) is 0 Å². The summed E-state index contributed by atoms with van der Waals surface area (Å²) in [6, 6.07) is 8.25. The first kappa shape index (κ1) is 22.1. The van der Waals surface area contributed by atoms with Gasteiger partial charge in [-0.25, -0.2) is 0 Å². The van der Waals surface area contributed by atoms with Crippen LogP contribution in [-0.4, -0.2) is 29.2 Å². The van der Waals surface area contributed by atoms with Gasteiger partial charge in [-0.05, 0) is 61.3 Å². The van der Waals surface area contributed by atoms with Crippen LogP contribution < -0.4 is 5.73 Å². The molecule has 1 unspecified atom stereocenters. The number of ketones is 1. The molecule has 2 bridgehead atoms. The molecular formula is C26H31ClN2O2S. The molecule has 32 heavy (non-hydrogen) atoms. The van der Waals surface area contributed by atoms with Crippen LogP contribution in [0.25, 0.3) is 0 Å². The Labute approximate surface area is 199 Å². The van der Waals surface area contributed by atoms with E-state index < -0.39 is 0 Å². The van der Waals surface area contributed by atoms with Crippen molar-refractivity contribution in [2.24, 2.45) is 11.7 Å². The maximum atomic E-state index is 12.9. The number of amides is 1. The van der Waals surface area contributed by atoms with Gasteiger partial charge >= 0.3 is 0 Å². The van der Waals surface area contributed by atoms with Gasteiger partial charge in [0, 0.05) is 46.2 Å². The van der Waals surface area contributed by atoms with E-state index >= 15 is 0 Å². The van der Waals surface area contributed by atoms with Crippen LogP contribution in [-0.2, 0) is 24.1 Å². The molecule has 2 fully saturated rings. The predicted molar refractivity (Wildman–Crippen MR) is 129 cm³/mol. The predicted octanol–water partition coefficient (Wildman–Crippen LogP) is 5.50. The molecule has 2 N–H and O–H groups in total. The van der Waals surface area contributed by atoms with Crippen molar-refractivity contribution in [2.75, 3.05) is 6.54 Å². The summed E-state index contributed by atoms with van der Waals surface area (Å²) in [5, 5.41) is 0.663. The highest BCUT2D eigenvalue weighted by Gasteiger charge is 2.44.